The number of hydrogen-bond donors (Lipinski definition) is 1. The Morgan fingerprint density at radius 3 is 2.73 bits per heavy atom. The molecule has 1 aliphatic rings. The fourth-order valence-electron chi connectivity index (χ4n) is 1.99. The molecule has 2 nitrogen and oxygen atoms in total. The van der Waals surface area contributed by atoms with Crippen molar-refractivity contribution in [1.29, 1.82) is 0 Å². The topological polar surface area (TPSA) is 23.5 Å². The number of rotatable bonds is 2. The molecule has 0 bridgehead atoms. The second kappa shape index (κ2) is 4.60. The van der Waals surface area contributed by atoms with Gasteiger partial charge in [0.15, 0.2) is 0 Å². The van der Waals surface area contributed by atoms with Crippen LogP contribution >= 0.6 is 0 Å². The number of hydrogen-bond acceptors (Lipinski definition) is 2. The largest absolute Gasteiger partial charge is 0.388 e. The molecule has 0 saturated carbocycles. The van der Waals surface area contributed by atoms with Crippen LogP contribution in [0.2, 0.25) is 0 Å². The highest BCUT2D eigenvalue weighted by Crippen LogP contribution is 2.21. The van der Waals surface area contributed by atoms with E-state index in [4.69, 9.17) is 0 Å². The fraction of sp³-hybridized carbons (Fsp3) is 0.385. The van der Waals surface area contributed by atoms with Crippen LogP contribution in [0, 0.1) is 0 Å². The monoisotopic (exact) mass is 203 g/mol. The van der Waals surface area contributed by atoms with Gasteiger partial charge in [-0.05, 0) is 12.5 Å². The lowest BCUT2D eigenvalue weighted by molar-refractivity contribution is 0.119. The van der Waals surface area contributed by atoms with Crippen LogP contribution in [0.25, 0.3) is 0 Å². The molecule has 1 unspecified atom stereocenters. The lowest BCUT2D eigenvalue weighted by Gasteiger charge is -2.32. The van der Waals surface area contributed by atoms with E-state index in [0.29, 0.717) is 6.04 Å². The quantitative estimate of drug-likeness (QED) is 0.743. The van der Waals surface area contributed by atoms with Gasteiger partial charge >= 0.3 is 0 Å². The maximum absolute atomic E-state index is 9.55. The van der Waals surface area contributed by atoms with Crippen molar-refractivity contribution in [3.63, 3.8) is 0 Å². The van der Waals surface area contributed by atoms with Crippen LogP contribution in [0.1, 0.15) is 18.5 Å². The van der Waals surface area contributed by atoms with Gasteiger partial charge in [0.05, 0.1) is 6.10 Å². The van der Waals surface area contributed by atoms with E-state index in [2.05, 4.69) is 36.1 Å². The first-order chi connectivity index (χ1) is 7.27. The molecule has 0 radical (unpaired) electrons. The van der Waals surface area contributed by atoms with E-state index >= 15 is 0 Å². The summed E-state index contributed by atoms with van der Waals surface area (Å²) in [6.45, 7) is 3.83. The summed E-state index contributed by atoms with van der Waals surface area (Å²) in [5.41, 5.74) is 1.31. The van der Waals surface area contributed by atoms with Crippen molar-refractivity contribution in [2.24, 2.45) is 0 Å². The second-order valence-electron chi connectivity index (χ2n) is 4.04. The summed E-state index contributed by atoms with van der Waals surface area (Å²) < 4.78 is 0. The van der Waals surface area contributed by atoms with Gasteiger partial charge in [0.1, 0.15) is 0 Å². The van der Waals surface area contributed by atoms with Crippen LogP contribution in [-0.2, 0) is 0 Å². The van der Waals surface area contributed by atoms with Crippen molar-refractivity contribution >= 4 is 0 Å². The molecule has 2 rings (SSSR count). The van der Waals surface area contributed by atoms with Crippen LogP contribution < -0.4 is 0 Å². The average Bonchev–Trinajstić information content (AvgIpc) is 2.29. The third-order valence-electron chi connectivity index (χ3n) is 2.95. The predicted octanol–water partition coefficient (Wildman–Crippen LogP) is 1.98. The SMILES string of the molecule is C[C@H](c1ccccc1)N1CC=CC(O)C1. The number of aliphatic hydroxyl groups is 1. The summed E-state index contributed by atoms with van der Waals surface area (Å²) in [7, 11) is 0. The molecule has 0 aromatic heterocycles. The van der Waals surface area contributed by atoms with Gasteiger partial charge in [0, 0.05) is 19.1 Å². The van der Waals surface area contributed by atoms with Gasteiger partial charge in [0.25, 0.3) is 0 Å². The molecule has 80 valence electrons. The minimum Gasteiger partial charge on any atom is -0.388 e. The Morgan fingerprint density at radius 2 is 2.07 bits per heavy atom. The summed E-state index contributed by atoms with van der Waals surface area (Å²) in [5.74, 6) is 0. The first-order valence-corrected chi connectivity index (χ1v) is 5.41. The standard InChI is InChI=1S/C13H17NO/c1-11(12-6-3-2-4-7-12)14-9-5-8-13(15)10-14/h2-8,11,13,15H,9-10H2,1H3/t11-,13?/m1/s1. The normalized spacial score (nSPS) is 24.0. The van der Waals surface area contributed by atoms with Gasteiger partial charge in [-0.25, -0.2) is 0 Å². The molecular formula is C13H17NO. The van der Waals surface area contributed by atoms with Crippen LogP contribution in [0.15, 0.2) is 42.5 Å². The highest BCUT2D eigenvalue weighted by Gasteiger charge is 2.19. The predicted molar refractivity (Wildman–Crippen MR) is 61.6 cm³/mol. The molecule has 0 amide bonds. The Bertz CT molecular complexity index is 334. The fourth-order valence-corrected chi connectivity index (χ4v) is 1.99. The van der Waals surface area contributed by atoms with E-state index < -0.39 is 0 Å². The van der Waals surface area contributed by atoms with Crippen LogP contribution in [0.4, 0.5) is 0 Å². The number of benzene rings is 1. The van der Waals surface area contributed by atoms with E-state index in [1.165, 1.54) is 5.56 Å². The molecule has 0 fully saturated rings. The maximum Gasteiger partial charge on any atom is 0.0848 e. The Kier molecular flexibility index (Phi) is 3.19. The van der Waals surface area contributed by atoms with E-state index in [1.54, 1.807) is 0 Å². The summed E-state index contributed by atoms with van der Waals surface area (Å²) in [6, 6.07) is 10.8. The molecule has 1 aromatic rings. The van der Waals surface area contributed by atoms with Crippen molar-refractivity contribution in [3.8, 4) is 0 Å². The third kappa shape index (κ3) is 2.46. The zero-order valence-electron chi connectivity index (χ0n) is 9.00. The Balaban J connectivity index is 2.08. The number of aliphatic hydroxyl groups excluding tert-OH is 1. The molecule has 1 aliphatic heterocycles. The molecule has 0 spiro atoms. The van der Waals surface area contributed by atoms with Gasteiger partial charge in [0.2, 0.25) is 0 Å². The Hall–Kier alpha value is -1.12. The number of β-amino-alcohol motifs (C(OH)–C–C–N with tert-alkyl or cyclic N) is 1. The Labute approximate surface area is 90.8 Å². The maximum atomic E-state index is 9.55. The van der Waals surface area contributed by atoms with Crippen molar-refractivity contribution in [3.05, 3.63) is 48.0 Å². The first-order valence-electron chi connectivity index (χ1n) is 5.41. The first kappa shape index (κ1) is 10.4. The van der Waals surface area contributed by atoms with Crippen molar-refractivity contribution < 1.29 is 5.11 Å². The molecule has 0 saturated heterocycles. The molecule has 1 heterocycles. The van der Waals surface area contributed by atoms with Crippen molar-refractivity contribution in [2.45, 2.75) is 19.1 Å². The molecule has 15 heavy (non-hydrogen) atoms. The molecule has 1 N–H and O–H groups in total. The number of nitrogens with zero attached hydrogens (tertiary/aromatic N) is 1. The van der Waals surface area contributed by atoms with Gasteiger partial charge in [-0.3, -0.25) is 4.90 Å². The lowest BCUT2D eigenvalue weighted by atomic mass is 10.1. The average molecular weight is 203 g/mol. The smallest absolute Gasteiger partial charge is 0.0848 e. The van der Waals surface area contributed by atoms with E-state index in [1.807, 2.05) is 18.2 Å². The summed E-state index contributed by atoms with van der Waals surface area (Å²) in [5, 5.41) is 9.55. The minimum atomic E-state index is -0.315. The molecule has 0 aliphatic carbocycles. The van der Waals surface area contributed by atoms with Crippen molar-refractivity contribution in [1.82, 2.24) is 4.90 Å². The molecule has 2 heteroatoms. The summed E-state index contributed by atoms with van der Waals surface area (Å²) in [4.78, 5) is 2.28. The van der Waals surface area contributed by atoms with Crippen LogP contribution in [0.5, 0.6) is 0 Å². The minimum absolute atomic E-state index is 0.315. The van der Waals surface area contributed by atoms with Gasteiger partial charge in [-0.2, -0.15) is 0 Å². The van der Waals surface area contributed by atoms with Gasteiger partial charge in [-0.1, -0.05) is 42.5 Å². The van der Waals surface area contributed by atoms with Gasteiger partial charge < -0.3 is 5.11 Å². The van der Waals surface area contributed by atoms with Crippen LogP contribution in [-0.4, -0.2) is 29.2 Å². The third-order valence-corrected chi connectivity index (χ3v) is 2.95. The Morgan fingerprint density at radius 1 is 1.33 bits per heavy atom. The van der Waals surface area contributed by atoms with E-state index in [0.717, 1.165) is 13.1 Å². The molecule has 1 aromatic carbocycles. The highest BCUT2D eigenvalue weighted by molar-refractivity contribution is 5.19. The zero-order valence-corrected chi connectivity index (χ0v) is 9.00. The summed E-state index contributed by atoms with van der Waals surface area (Å²) >= 11 is 0. The molecular weight excluding hydrogens is 186 g/mol. The lowest BCUT2D eigenvalue weighted by Crippen LogP contribution is -2.36. The second-order valence-corrected chi connectivity index (χ2v) is 4.04. The van der Waals surface area contributed by atoms with Crippen LogP contribution in [0.3, 0.4) is 0 Å². The zero-order chi connectivity index (χ0) is 10.7. The molecule has 2 atom stereocenters. The van der Waals surface area contributed by atoms with Gasteiger partial charge in [-0.15, -0.1) is 0 Å². The van der Waals surface area contributed by atoms with E-state index in [-0.39, 0.29) is 6.10 Å². The highest BCUT2D eigenvalue weighted by atomic mass is 16.3. The summed E-state index contributed by atoms with van der Waals surface area (Å²) in [6.07, 6.45) is 3.59. The van der Waals surface area contributed by atoms with E-state index in [9.17, 15) is 5.11 Å². The van der Waals surface area contributed by atoms with Crippen molar-refractivity contribution in [2.75, 3.05) is 13.1 Å².